The molecule has 0 bridgehead atoms. The van der Waals surface area contributed by atoms with E-state index in [2.05, 4.69) is 26.1 Å². The Labute approximate surface area is 121 Å². The lowest BCUT2D eigenvalue weighted by Gasteiger charge is -2.19. The molecule has 4 nitrogen and oxygen atoms in total. The molecule has 0 spiro atoms. The fraction of sp³-hybridized carbons (Fsp3) is 0.500. The predicted molar refractivity (Wildman–Crippen MR) is 80.8 cm³/mol. The normalized spacial score (nSPS) is 11.1. The molecule has 1 N–H and O–H groups in total. The van der Waals surface area contributed by atoms with Gasteiger partial charge in [0.15, 0.2) is 0 Å². The van der Waals surface area contributed by atoms with Gasteiger partial charge in [0.25, 0.3) is 5.91 Å². The van der Waals surface area contributed by atoms with E-state index in [0.29, 0.717) is 18.5 Å². The van der Waals surface area contributed by atoms with Gasteiger partial charge < -0.3 is 10.2 Å². The third-order valence-electron chi connectivity index (χ3n) is 3.14. The number of benzene rings is 1. The fourth-order valence-electron chi connectivity index (χ4n) is 1.73. The Morgan fingerprint density at radius 3 is 2.10 bits per heavy atom. The molecule has 110 valence electrons. The topological polar surface area (TPSA) is 49.4 Å². The molecule has 0 aliphatic rings. The Morgan fingerprint density at radius 2 is 1.65 bits per heavy atom. The van der Waals surface area contributed by atoms with Gasteiger partial charge in [-0.15, -0.1) is 0 Å². The molecule has 1 aromatic carbocycles. The van der Waals surface area contributed by atoms with E-state index in [4.69, 9.17) is 0 Å². The summed E-state index contributed by atoms with van der Waals surface area (Å²) in [4.78, 5) is 24.8. The molecule has 0 saturated carbocycles. The number of rotatable bonds is 4. The summed E-state index contributed by atoms with van der Waals surface area (Å²) in [5.41, 5.74) is 1.89. The molecule has 0 unspecified atom stereocenters. The maximum Gasteiger partial charge on any atom is 0.251 e. The highest BCUT2D eigenvalue weighted by Crippen LogP contribution is 2.22. The Hall–Kier alpha value is -1.84. The number of carbonyl (C=O) groups is 2. The van der Waals surface area contributed by atoms with E-state index in [1.807, 2.05) is 24.3 Å². The Balaban J connectivity index is 2.54. The molecule has 0 aliphatic carbocycles. The van der Waals surface area contributed by atoms with Gasteiger partial charge in [0.2, 0.25) is 5.91 Å². The van der Waals surface area contributed by atoms with E-state index >= 15 is 0 Å². The summed E-state index contributed by atoms with van der Waals surface area (Å²) in [6.45, 7) is 6.76. The van der Waals surface area contributed by atoms with E-state index < -0.39 is 0 Å². The lowest BCUT2D eigenvalue weighted by atomic mass is 9.87. The van der Waals surface area contributed by atoms with Crippen LogP contribution in [0.3, 0.4) is 0 Å². The van der Waals surface area contributed by atoms with Crippen LogP contribution in [0.2, 0.25) is 0 Å². The monoisotopic (exact) mass is 276 g/mol. The van der Waals surface area contributed by atoms with Crippen LogP contribution >= 0.6 is 0 Å². The van der Waals surface area contributed by atoms with Crippen LogP contribution in [-0.2, 0) is 10.2 Å². The lowest BCUT2D eigenvalue weighted by molar-refractivity contribution is -0.128. The summed E-state index contributed by atoms with van der Waals surface area (Å²) in [6.07, 6.45) is 0.318. The van der Waals surface area contributed by atoms with Crippen LogP contribution < -0.4 is 5.32 Å². The summed E-state index contributed by atoms with van der Waals surface area (Å²) < 4.78 is 0. The number of nitrogens with zero attached hydrogens (tertiary/aromatic N) is 1. The molecule has 20 heavy (non-hydrogen) atoms. The number of nitrogens with one attached hydrogen (secondary N) is 1. The quantitative estimate of drug-likeness (QED) is 0.916. The molecule has 0 heterocycles. The summed E-state index contributed by atoms with van der Waals surface area (Å²) in [5, 5.41) is 2.76. The number of amides is 2. The molecule has 0 aliphatic heterocycles. The van der Waals surface area contributed by atoms with Crippen LogP contribution in [0.4, 0.5) is 0 Å². The van der Waals surface area contributed by atoms with E-state index in [1.54, 1.807) is 14.1 Å². The second kappa shape index (κ2) is 6.55. The van der Waals surface area contributed by atoms with E-state index in [9.17, 15) is 9.59 Å². The Morgan fingerprint density at radius 1 is 1.10 bits per heavy atom. The first-order valence-corrected chi connectivity index (χ1v) is 6.80. The summed E-state index contributed by atoms with van der Waals surface area (Å²) in [7, 11) is 3.41. The van der Waals surface area contributed by atoms with Gasteiger partial charge in [-0.1, -0.05) is 32.9 Å². The van der Waals surface area contributed by atoms with E-state index in [-0.39, 0.29) is 17.2 Å². The standard InChI is InChI=1S/C16H24N2O2/c1-16(2,3)13-8-6-12(7-9-13)15(20)17-11-10-14(19)18(4)5/h6-9H,10-11H2,1-5H3,(H,17,20). The highest BCUT2D eigenvalue weighted by Gasteiger charge is 2.14. The molecule has 0 atom stereocenters. The maximum absolute atomic E-state index is 11.9. The molecule has 0 aromatic heterocycles. The largest absolute Gasteiger partial charge is 0.352 e. The minimum Gasteiger partial charge on any atom is -0.352 e. The minimum absolute atomic E-state index is 0.00776. The summed E-state index contributed by atoms with van der Waals surface area (Å²) in [5.74, 6) is -0.134. The van der Waals surface area contributed by atoms with Gasteiger partial charge in [-0.3, -0.25) is 9.59 Å². The zero-order chi connectivity index (χ0) is 15.3. The molecule has 0 fully saturated rings. The van der Waals surface area contributed by atoms with Crippen LogP contribution in [0.15, 0.2) is 24.3 Å². The highest BCUT2D eigenvalue weighted by atomic mass is 16.2. The van der Waals surface area contributed by atoms with Gasteiger partial charge in [-0.2, -0.15) is 0 Å². The summed E-state index contributed by atoms with van der Waals surface area (Å²) >= 11 is 0. The van der Waals surface area contributed by atoms with Gasteiger partial charge >= 0.3 is 0 Å². The van der Waals surface area contributed by atoms with Crippen molar-refractivity contribution >= 4 is 11.8 Å². The Bertz CT molecular complexity index is 470. The molecule has 1 aromatic rings. The molecular weight excluding hydrogens is 252 g/mol. The van der Waals surface area contributed by atoms with Crippen molar-refractivity contribution in [3.05, 3.63) is 35.4 Å². The predicted octanol–water partition coefficient (Wildman–Crippen LogP) is 2.19. The molecule has 2 amide bonds. The molecule has 4 heteroatoms. The van der Waals surface area contributed by atoms with Crippen LogP contribution in [0.25, 0.3) is 0 Å². The van der Waals surface area contributed by atoms with Crippen molar-refractivity contribution in [2.24, 2.45) is 0 Å². The molecule has 0 radical (unpaired) electrons. The second-order valence-corrected chi connectivity index (χ2v) is 6.12. The van der Waals surface area contributed by atoms with Crippen molar-refractivity contribution in [1.29, 1.82) is 0 Å². The van der Waals surface area contributed by atoms with Crippen LogP contribution in [0, 0.1) is 0 Å². The number of carbonyl (C=O) groups excluding carboxylic acids is 2. The minimum atomic E-state index is -0.142. The maximum atomic E-state index is 11.9. The second-order valence-electron chi connectivity index (χ2n) is 6.12. The number of hydrogen-bond acceptors (Lipinski definition) is 2. The third-order valence-corrected chi connectivity index (χ3v) is 3.14. The van der Waals surface area contributed by atoms with Crippen molar-refractivity contribution in [3.8, 4) is 0 Å². The van der Waals surface area contributed by atoms with Crippen molar-refractivity contribution < 1.29 is 9.59 Å². The van der Waals surface area contributed by atoms with Gasteiger partial charge in [0, 0.05) is 32.6 Å². The third kappa shape index (κ3) is 4.68. The molecular formula is C16H24N2O2. The fourth-order valence-corrected chi connectivity index (χ4v) is 1.73. The van der Waals surface area contributed by atoms with Crippen molar-refractivity contribution in [2.45, 2.75) is 32.6 Å². The SMILES string of the molecule is CN(C)C(=O)CCNC(=O)c1ccc(C(C)(C)C)cc1. The zero-order valence-electron chi connectivity index (χ0n) is 13.0. The van der Waals surface area contributed by atoms with E-state index in [1.165, 1.54) is 10.5 Å². The number of hydrogen-bond donors (Lipinski definition) is 1. The van der Waals surface area contributed by atoms with Gasteiger partial charge in [-0.25, -0.2) is 0 Å². The lowest BCUT2D eigenvalue weighted by Crippen LogP contribution is -2.30. The average molecular weight is 276 g/mol. The average Bonchev–Trinajstić information content (AvgIpc) is 2.37. The smallest absolute Gasteiger partial charge is 0.251 e. The van der Waals surface area contributed by atoms with Crippen LogP contribution in [0.5, 0.6) is 0 Å². The van der Waals surface area contributed by atoms with Gasteiger partial charge in [-0.05, 0) is 23.1 Å². The van der Waals surface area contributed by atoms with Gasteiger partial charge in [0.1, 0.15) is 0 Å². The van der Waals surface area contributed by atoms with Crippen molar-refractivity contribution in [1.82, 2.24) is 10.2 Å². The highest BCUT2D eigenvalue weighted by molar-refractivity contribution is 5.94. The first-order chi connectivity index (χ1) is 9.21. The Kier molecular flexibility index (Phi) is 5.31. The summed E-state index contributed by atoms with van der Waals surface area (Å²) in [6, 6.07) is 7.59. The van der Waals surface area contributed by atoms with Gasteiger partial charge in [0.05, 0.1) is 0 Å². The van der Waals surface area contributed by atoms with Crippen molar-refractivity contribution in [2.75, 3.05) is 20.6 Å². The van der Waals surface area contributed by atoms with E-state index in [0.717, 1.165) is 0 Å². The van der Waals surface area contributed by atoms with Crippen LogP contribution in [-0.4, -0.2) is 37.4 Å². The van der Waals surface area contributed by atoms with Crippen molar-refractivity contribution in [3.63, 3.8) is 0 Å². The molecule has 1 rings (SSSR count). The first kappa shape index (κ1) is 16.2. The van der Waals surface area contributed by atoms with Crippen LogP contribution in [0.1, 0.15) is 43.1 Å². The first-order valence-electron chi connectivity index (χ1n) is 6.80. The zero-order valence-corrected chi connectivity index (χ0v) is 13.0. The molecule has 0 saturated heterocycles.